The van der Waals surface area contributed by atoms with E-state index in [0.717, 1.165) is 7.14 Å². The van der Waals surface area contributed by atoms with Crippen LogP contribution in [0.4, 0.5) is 0 Å². The van der Waals surface area contributed by atoms with Gasteiger partial charge in [-0.15, -0.1) is 0 Å². The van der Waals surface area contributed by atoms with Crippen molar-refractivity contribution in [3.8, 4) is 5.75 Å². The maximum Gasteiger partial charge on any atom is 0.341 e. The van der Waals surface area contributed by atoms with Crippen molar-refractivity contribution in [2.75, 3.05) is 7.11 Å². The molecule has 14 heavy (non-hydrogen) atoms. The zero-order chi connectivity index (χ0) is 10.9. The van der Waals surface area contributed by atoms with Crippen molar-refractivity contribution >= 4 is 73.7 Å². The molecule has 1 rings (SSSR count). The van der Waals surface area contributed by atoms with E-state index in [2.05, 4.69) is 49.9 Å². The lowest BCUT2D eigenvalue weighted by Gasteiger charge is -2.07. The van der Waals surface area contributed by atoms with Crippen LogP contribution in [0.5, 0.6) is 5.75 Å². The van der Waals surface area contributed by atoms with Gasteiger partial charge in [-0.2, -0.15) is 0 Å². The van der Waals surface area contributed by atoms with E-state index >= 15 is 0 Å². The summed E-state index contributed by atoms with van der Waals surface area (Å²) in [6, 6.07) is 1.62. The van der Waals surface area contributed by atoms with E-state index in [4.69, 9.17) is 0 Å². The first kappa shape index (κ1) is 12.7. The number of aromatic hydroxyl groups is 1. The quantitative estimate of drug-likeness (QED) is 0.346. The molecule has 1 N–H and O–H groups in total. The highest BCUT2D eigenvalue weighted by molar-refractivity contribution is 14.1. The summed E-state index contributed by atoms with van der Waals surface area (Å²) in [5, 5.41) is 9.69. The van der Waals surface area contributed by atoms with Crippen molar-refractivity contribution in [3.63, 3.8) is 0 Å². The van der Waals surface area contributed by atoms with Crippen LogP contribution < -0.4 is 0 Å². The molecule has 0 saturated carbocycles. The van der Waals surface area contributed by atoms with Gasteiger partial charge in [0, 0.05) is 7.14 Å². The summed E-state index contributed by atoms with van der Waals surface area (Å²) >= 11 is 6.23. The molecule has 0 saturated heterocycles. The molecule has 0 amide bonds. The van der Waals surface area contributed by atoms with Crippen LogP contribution in [0.2, 0.25) is 0 Å². The minimum Gasteiger partial charge on any atom is -0.506 e. The normalized spacial score (nSPS) is 10.0. The molecule has 76 valence electrons. The number of esters is 1. The summed E-state index contributed by atoms with van der Waals surface area (Å²) in [4.78, 5) is 11.3. The maximum atomic E-state index is 11.3. The van der Waals surface area contributed by atoms with Crippen LogP contribution in [0.15, 0.2) is 6.07 Å². The van der Waals surface area contributed by atoms with E-state index in [1.54, 1.807) is 6.07 Å². The number of carbonyl (C=O) groups excluding carboxylic acids is 1. The Morgan fingerprint density at radius 1 is 1.36 bits per heavy atom. The molecule has 3 nitrogen and oxygen atoms in total. The van der Waals surface area contributed by atoms with Crippen molar-refractivity contribution in [2.45, 2.75) is 0 Å². The van der Waals surface area contributed by atoms with Crippen LogP contribution in [0.1, 0.15) is 10.4 Å². The molecule has 6 heteroatoms. The molecule has 0 aliphatic rings. The number of benzene rings is 1. The smallest absolute Gasteiger partial charge is 0.341 e. The first-order valence-corrected chi connectivity index (χ1v) is 6.67. The minimum atomic E-state index is -0.519. The molecule has 0 unspecified atom stereocenters. The highest BCUT2D eigenvalue weighted by atomic mass is 127. The average molecular weight is 530 g/mol. The second kappa shape index (κ2) is 5.14. The summed E-state index contributed by atoms with van der Waals surface area (Å²) in [7, 11) is 1.29. The first-order chi connectivity index (χ1) is 6.49. The van der Waals surface area contributed by atoms with Gasteiger partial charge in [0.05, 0.1) is 10.7 Å². The minimum absolute atomic E-state index is 0.0118. The summed E-state index contributed by atoms with van der Waals surface area (Å²) in [5.74, 6) is -0.531. The number of halogens is 3. The molecule has 0 aromatic heterocycles. The number of hydrogen-bond acceptors (Lipinski definition) is 3. The van der Waals surface area contributed by atoms with Gasteiger partial charge in [-0.25, -0.2) is 4.79 Å². The lowest BCUT2D eigenvalue weighted by molar-refractivity contribution is 0.0597. The molecule has 1 aromatic carbocycles. The van der Waals surface area contributed by atoms with Crippen LogP contribution in [0, 0.1) is 10.7 Å². The lowest BCUT2D eigenvalue weighted by atomic mass is 10.2. The molecular weight excluding hydrogens is 525 g/mol. The Hall–Kier alpha value is 0.680. The van der Waals surface area contributed by atoms with Gasteiger partial charge in [-0.3, -0.25) is 0 Å². The Morgan fingerprint density at radius 3 is 2.43 bits per heavy atom. The van der Waals surface area contributed by atoms with Crippen LogP contribution >= 0.6 is 67.8 Å². The summed E-state index contributed by atoms with van der Waals surface area (Å²) in [5.41, 5.74) is 0.210. The Labute approximate surface area is 122 Å². The fourth-order valence-electron chi connectivity index (χ4n) is 0.851. The van der Waals surface area contributed by atoms with Gasteiger partial charge in [0.2, 0.25) is 0 Å². The van der Waals surface area contributed by atoms with Crippen molar-refractivity contribution in [3.05, 3.63) is 22.3 Å². The zero-order valence-electron chi connectivity index (χ0n) is 6.97. The third-order valence-electron chi connectivity index (χ3n) is 1.54. The first-order valence-electron chi connectivity index (χ1n) is 3.43. The Morgan fingerprint density at radius 2 is 1.93 bits per heavy atom. The third kappa shape index (κ3) is 2.43. The zero-order valence-corrected chi connectivity index (χ0v) is 13.4. The fourth-order valence-corrected chi connectivity index (χ4v) is 2.94. The monoisotopic (exact) mass is 530 g/mol. The van der Waals surface area contributed by atoms with Crippen LogP contribution in [-0.4, -0.2) is 18.2 Å². The standard InChI is InChI=1S/C8H5I3O3/c1-14-8(13)3-2-4(9)5(10)6(11)7(3)12/h2,12H,1H3. The number of phenols is 1. The molecule has 0 fully saturated rings. The molecule has 0 aliphatic carbocycles. The highest BCUT2D eigenvalue weighted by Crippen LogP contribution is 2.32. The van der Waals surface area contributed by atoms with Crippen molar-refractivity contribution in [2.24, 2.45) is 0 Å². The van der Waals surface area contributed by atoms with Crippen LogP contribution in [-0.2, 0) is 4.74 Å². The Balaban J connectivity index is 3.40. The summed E-state index contributed by atoms with van der Waals surface area (Å²) < 4.78 is 7.10. The van der Waals surface area contributed by atoms with Gasteiger partial charge < -0.3 is 9.84 Å². The number of carbonyl (C=O) groups is 1. The summed E-state index contributed by atoms with van der Waals surface area (Å²) in [6.45, 7) is 0. The van der Waals surface area contributed by atoms with Gasteiger partial charge in [0.15, 0.2) is 0 Å². The molecule has 0 spiro atoms. The van der Waals surface area contributed by atoms with Gasteiger partial charge in [-0.1, -0.05) is 0 Å². The van der Waals surface area contributed by atoms with E-state index in [0.29, 0.717) is 3.57 Å². The molecule has 0 aliphatic heterocycles. The predicted molar refractivity (Wildman–Crippen MR) is 77.6 cm³/mol. The fraction of sp³-hybridized carbons (Fsp3) is 0.125. The topological polar surface area (TPSA) is 46.5 Å². The second-order valence-electron chi connectivity index (χ2n) is 2.37. The predicted octanol–water partition coefficient (Wildman–Crippen LogP) is 2.99. The van der Waals surface area contributed by atoms with Crippen LogP contribution in [0.25, 0.3) is 0 Å². The third-order valence-corrected chi connectivity index (χ3v) is 6.63. The van der Waals surface area contributed by atoms with Crippen molar-refractivity contribution in [1.82, 2.24) is 0 Å². The van der Waals surface area contributed by atoms with E-state index in [1.807, 2.05) is 22.6 Å². The molecule has 0 atom stereocenters. The largest absolute Gasteiger partial charge is 0.506 e. The van der Waals surface area contributed by atoms with E-state index in [1.165, 1.54) is 7.11 Å². The molecular formula is C8H5I3O3. The van der Waals surface area contributed by atoms with Gasteiger partial charge in [0.25, 0.3) is 0 Å². The second-order valence-corrected chi connectivity index (χ2v) is 5.69. The van der Waals surface area contributed by atoms with E-state index < -0.39 is 5.97 Å². The number of rotatable bonds is 1. The van der Waals surface area contributed by atoms with E-state index in [9.17, 15) is 9.90 Å². The Bertz CT molecular complexity index is 390. The Kier molecular flexibility index (Phi) is 4.68. The molecule has 0 bridgehead atoms. The number of hydrogen-bond donors (Lipinski definition) is 1. The number of ether oxygens (including phenoxy) is 1. The lowest BCUT2D eigenvalue weighted by Crippen LogP contribution is -2.04. The molecule has 1 aromatic rings. The number of methoxy groups -OCH3 is 1. The van der Waals surface area contributed by atoms with Crippen molar-refractivity contribution in [1.29, 1.82) is 0 Å². The van der Waals surface area contributed by atoms with Gasteiger partial charge in [-0.05, 0) is 73.8 Å². The molecule has 0 heterocycles. The average Bonchev–Trinajstić information content (AvgIpc) is 2.19. The van der Waals surface area contributed by atoms with E-state index in [-0.39, 0.29) is 11.3 Å². The maximum absolute atomic E-state index is 11.3. The summed E-state index contributed by atoms with van der Waals surface area (Å²) in [6.07, 6.45) is 0. The van der Waals surface area contributed by atoms with Crippen molar-refractivity contribution < 1.29 is 14.6 Å². The molecule has 0 radical (unpaired) electrons. The van der Waals surface area contributed by atoms with Gasteiger partial charge in [0.1, 0.15) is 11.3 Å². The highest BCUT2D eigenvalue weighted by Gasteiger charge is 2.18. The SMILES string of the molecule is COC(=O)c1cc(I)c(I)c(I)c1O. The van der Waals surface area contributed by atoms with Gasteiger partial charge >= 0.3 is 5.97 Å². The van der Waals surface area contributed by atoms with Crippen LogP contribution in [0.3, 0.4) is 0 Å². The number of phenolic OH excluding ortho intramolecular Hbond substituents is 1.